The third kappa shape index (κ3) is 4.27. The van der Waals surface area contributed by atoms with E-state index in [-0.39, 0.29) is 17.9 Å². The molecule has 1 aliphatic rings. The van der Waals surface area contributed by atoms with E-state index in [9.17, 15) is 9.59 Å². The van der Waals surface area contributed by atoms with E-state index >= 15 is 0 Å². The second kappa shape index (κ2) is 8.47. The van der Waals surface area contributed by atoms with Gasteiger partial charge in [-0.25, -0.2) is 0 Å². The first-order chi connectivity index (χ1) is 13.0. The monoisotopic (exact) mass is 388 g/mol. The SMILES string of the molecule is COc1cccc(C(=O)N(C)C2CCCN(C(=O)c3snnc3C)CC2)c1. The zero-order valence-corrected chi connectivity index (χ0v) is 16.7. The van der Waals surface area contributed by atoms with Crippen molar-refractivity contribution in [1.29, 1.82) is 0 Å². The number of hydrogen-bond acceptors (Lipinski definition) is 6. The quantitative estimate of drug-likeness (QED) is 0.805. The highest BCUT2D eigenvalue weighted by Crippen LogP contribution is 2.22. The van der Waals surface area contributed by atoms with E-state index in [1.807, 2.05) is 24.1 Å². The highest BCUT2D eigenvalue weighted by molar-refractivity contribution is 7.07. The van der Waals surface area contributed by atoms with Crippen LogP contribution < -0.4 is 4.74 Å². The van der Waals surface area contributed by atoms with Crippen molar-refractivity contribution in [3.8, 4) is 5.75 Å². The van der Waals surface area contributed by atoms with Crippen LogP contribution in [-0.2, 0) is 0 Å². The highest BCUT2D eigenvalue weighted by Gasteiger charge is 2.28. The van der Waals surface area contributed by atoms with Gasteiger partial charge < -0.3 is 14.5 Å². The zero-order valence-electron chi connectivity index (χ0n) is 15.8. The van der Waals surface area contributed by atoms with Gasteiger partial charge in [-0.3, -0.25) is 9.59 Å². The molecule has 0 radical (unpaired) electrons. The van der Waals surface area contributed by atoms with Crippen LogP contribution in [0.3, 0.4) is 0 Å². The van der Waals surface area contributed by atoms with Crippen molar-refractivity contribution in [2.45, 2.75) is 32.2 Å². The zero-order chi connectivity index (χ0) is 19.4. The molecular weight excluding hydrogens is 364 g/mol. The summed E-state index contributed by atoms with van der Waals surface area (Å²) in [5, 5.41) is 3.93. The van der Waals surface area contributed by atoms with Crippen LogP contribution in [0.15, 0.2) is 24.3 Å². The Kier molecular flexibility index (Phi) is 6.05. The summed E-state index contributed by atoms with van der Waals surface area (Å²) in [6.45, 7) is 3.11. The summed E-state index contributed by atoms with van der Waals surface area (Å²) in [6, 6.07) is 7.29. The lowest BCUT2D eigenvalue weighted by molar-refractivity contribution is 0.0710. The number of carbonyl (C=O) groups excluding carboxylic acids is 2. The minimum atomic E-state index is -0.0267. The summed E-state index contributed by atoms with van der Waals surface area (Å²) in [5.41, 5.74) is 1.29. The number of benzene rings is 1. The number of nitrogens with zero attached hydrogens (tertiary/aromatic N) is 4. The van der Waals surface area contributed by atoms with Crippen molar-refractivity contribution in [3.05, 3.63) is 40.4 Å². The molecule has 1 saturated heterocycles. The molecule has 1 atom stereocenters. The minimum absolute atomic E-state index is 0.00933. The largest absolute Gasteiger partial charge is 0.497 e. The molecule has 8 heteroatoms. The maximum Gasteiger partial charge on any atom is 0.267 e. The van der Waals surface area contributed by atoms with E-state index in [2.05, 4.69) is 9.59 Å². The first-order valence-electron chi connectivity index (χ1n) is 9.00. The lowest BCUT2D eigenvalue weighted by Crippen LogP contribution is -2.38. The Balaban J connectivity index is 1.65. The summed E-state index contributed by atoms with van der Waals surface area (Å²) in [4.78, 5) is 29.8. The number of likely N-dealkylation sites (tertiary alicyclic amines) is 1. The Morgan fingerprint density at radius 1 is 1.30 bits per heavy atom. The summed E-state index contributed by atoms with van der Waals surface area (Å²) in [6.07, 6.45) is 2.48. The number of hydrogen-bond donors (Lipinski definition) is 0. The number of aromatic nitrogens is 2. The predicted octanol–water partition coefficient (Wildman–Crippen LogP) is 2.62. The molecule has 2 aromatic rings. The molecule has 0 N–H and O–H groups in total. The molecule has 3 rings (SSSR count). The fourth-order valence-corrected chi connectivity index (χ4v) is 3.99. The smallest absolute Gasteiger partial charge is 0.267 e. The number of methoxy groups -OCH3 is 1. The summed E-state index contributed by atoms with van der Waals surface area (Å²) in [5.74, 6) is 0.631. The molecule has 1 fully saturated rings. The molecule has 1 aliphatic heterocycles. The second-order valence-electron chi connectivity index (χ2n) is 6.71. The number of rotatable bonds is 4. The number of ether oxygens (including phenoxy) is 1. The van der Waals surface area contributed by atoms with Gasteiger partial charge in [0.1, 0.15) is 10.6 Å². The van der Waals surface area contributed by atoms with Crippen molar-refractivity contribution in [3.63, 3.8) is 0 Å². The first kappa shape index (κ1) is 19.3. The number of aryl methyl sites for hydroxylation is 1. The van der Waals surface area contributed by atoms with E-state index < -0.39 is 0 Å². The average molecular weight is 388 g/mol. The number of amides is 2. The Morgan fingerprint density at radius 2 is 2.11 bits per heavy atom. The standard InChI is InChI=1S/C19H24N4O3S/c1-13-17(27-21-20-13)19(25)23-10-5-7-15(9-11-23)22(2)18(24)14-6-4-8-16(12-14)26-3/h4,6,8,12,15H,5,7,9-11H2,1-3H3. The van der Waals surface area contributed by atoms with Gasteiger partial charge in [-0.1, -0.05) is 10.6 Å². The number of carbonyl (C=O) groups is 2. The van der Waals surface area contributed by atoms with E-state index in [1.165, 1.54) is 0 Å². The topological polar surface area (TPSA) is 75.6 Å². The maximum atomic E-state index is 12.8. The van der Waals surface area contributed by atoms with Gasteiger partial charge in [0.05, 0.1) is 12.8 Å². The van der Waals surface area contributed by atoms with Crippen molar-refractivity contribution in [2.24, 2.45) is 0 Å². The van der Waals surface area contributed by atoms with Crippen molar-refractivity contribution < 1.29 is 14.3 Å². The van der Waals surface area contributed by atoms with Gasteiger partial charge in [-0.05, 0) is 55.9 Å². The molecular formula is C19H24N4O3S. The van der Waals surface area contributed by atoms with Crippen LogP contribution in [0.5, 0.6) is 5.75 Å². The molecule has 144 valence electrons. The van der Waals surface area contributed by atoms with Crippen molar-refractivity contribution in [1.82, 2.24) is 19.4 Å². The molecule has 0 aliphatic carbocycles. The van der Waals surface area contributed by atoms with Crippen molar-refractivity contribution in [2.75, 3.05) is 27.2 Å². The highest BCUT2D eigenvalue weighted by atomic mass is 32.1. The normalized spacial score (nSPS) is 17.3. The van der Waals surface area contributed by atoms with Crippen molar-refractivity contribution >= 4 is 23.3 Å². The van der Waals surface area contributed by atoms with E-state index in [4.69, 9.17) is 4.74 Å². The Labute approximate surface area is 163 Å². The van der Waals surface area contributed by atoms with Crippen LogP contribution in [-0.4, -0.2) is 64.5 Å². The second-order valence-corrected chi connectivity index (χ2v) is 7.47. The molecule has 0 bridgehead atoms. The Morgan fingerprint density at radius 3 is 2.81 bits per heavy atom. The van der Waals surface area contributed by atoms with Gasteiger partial charge in [0.2, 0.25) is 0 Å². The Bertz CT molecular complexity index is 823. The fraction of sp³-hybridized carbons (Fsp3) is 0.474. The molecule has 0 spiro atoms. The first-order valence-corrected chi connectivity index (χ1v) is 9.78. The molecule has 2 amide bonds. The lowest BCUT2D eigenvalue weighted by Gasteiger charge is -2.27. The molecule has 7 nitrogen and oxygen atoms in total. The van der Waals surface area contributed by atoms with E-state index in [1.54, 1.807) is 31.1 Å². The summed E-state index contributed by atoms with van der Waals surface area (Å²) in [7, 11) is 3.42. The Hall–Kier alpha value is -2.48. The van der Waals surface area contributed by atoms with E-state index in [0.717, 1.165) is 30.8 Å². The van der Waals surface area contributed by atoms with Gasteiger partial charge in [-0.15, -0.1) is 5.10 Å². The lowest BCUT2D eigenvalue weighted by atomic mass is 10.1. The molecule has 1 aromatic carbocycles. The van der Waals surface area contributed by atoms with Crippen LogP contribution in [0.2, 0.25) is 0 Å². The van der Waals surface area contributed by atoms with Crippen LogP contribution in [0.25, 0.3) is 0 Å². The molecule has 2 heterocycles. The third-order valence-electron chi connectivity index (χ3n) is 5.02. The van der Waals surface area contributed by atoms with Gasteiger partial charge in [0.15, 0.2) is 0 Å². The van der Waals surface area contributed by atoms with Crippen LogP contribution in [0, 0.1) is 6.92 Å². The molecule has 1 unspecified atom stereocenters. The summed E-state index contributed by atoms with van der Waals surface area (Å²) < 4.78 is 9.07. The van der Waals surface area contributed by atoms with Gasteiger partial charge in [-0.2, -0.15) is 0 Å². The fourth-order valence-electron chi connectivity index (χ4n) is 3.37. The molecule has 27 heavy (non-hydrogen) atoms. The van der Waals surface area contributed by atoms with Gasteiger partial charge in [0.25, 0.3) is 11.8 Å². The molecule has 0 saturated carbocycles. The molecule has 1 aromatic heterocycles. The maximum absolute atomic E-state index is 12.8. The van der Waals surface area contributed by atoms with Gasteiger partial charge in [0, 0.05) is 31.7 Å². The average Bonchev–Trinajstić information content (AvgIpc) is 2.97. The third-order valence-corrected chi connectivity index (χ3v) is 5.83. The van der Waals surface area contributed by atoms with E-state index in [0.29, 0.717) is 35.0 Å². The minimum Gasteiger partial charge on any atom is -0.497 e. The predicted molar refractivity (Wildman–Crippen MR) is 103 cm³/mol. The van der Waals surface area contributed by atoms with Crippen LogP contribution in [0.4, 0.5) is 0 Å². The van der Waals surface area contributed by atoms with Crippen LogP contribution in [0.1, 0.15) is 45.0 Å². The van der Waals surface area contributed by atoms with Crippen LogP contribution >= 0.6 is 11.5 Å². The summed E-state index contributed by atoms with van der Waals surface area (Å²) >= 11 is 1.14. The van der Waals surface area contributed by atoms with Gasteiger partial charge >= 0.3 is 0 Å².